The van der Waals surface area contributed by atoms with E-state index in [4.69, 9.17) is 4.74 Å². The number of benzene rings is 1. The molecule has 0 bridgehead atoms. The maximum atomic E-state index is 9.35. The fourth-order valence-electron chi connectivity index (χ4n) is 1.20. The van der Waals surface area contributed by atoms with Gasteiger partial charge in [-0.05, 0) is 31.0 Å². The van der Waals surface area contributed by atoms with Gasteiger partial charge in [-0.2, -0.15) is 0 Å². The lowest BCUT2D eigenvalue weighted by atomic mass is 10.1. The van der Waals surface area contributed by atoms with E-state index in [-0.39, 0.29) is 5.75 Å². The average Bonchev–Trinajstić information content (AvgIpc) is 2.07. The molecule has 2 nitrogen and oxygen atoms in total. The van der Waals surface area contributed by atoms with Crippen molar-refractivity contribution in [1.82, 2.24) is 0 Å². The standard InChI is InChI=1S/C9H12O2.C2H6/c1-6-4-7(2)9(11-3)8(10)5-6;1-2/h4-5,10H,1-3H3;1-2H3. The Labute approximate surface area is 80.2 Å². The predicted octanol–water partition coefficient (Wildman–Crippen LogP) is 3.04. The van der Waals surface area contributed by atoms with Gasteiger partial charge in [0.25, 0.3) is 0 Å². The fraction of sp³-hybridized carbons (Fsp3) is 0.455. The molecule has 0 aliphatic heterocycles. The second-order valence-electron chi connectivity index (χ2n) is 2.63. The highest BCUT2D eigenvalue weighted by Gasteiger charge is 2.04. The molecule has 0 unspecified atom stereocenters. The molecule has 1 aromatic carbocycles. The first kappa shape index (κ1) is 11.8. The van der Waals surface area contributed by atoms with Crippen LogP contribution >= 0.6 is 0 Å². The van der Waals surface area contributed by atoms with Crippen molar-refractivity contribution >= 4 is 0 Å². The average molecular weight is 182 g/mol. The molecule has 2 heteroatoms. The van der Waals surface area contributed by atoms with E-state index in [0.717, 1.165) is 11.1 Å². The summed E-state index contributed by atoms with van der Waals surface area (Å²) in [6.07, 6.45) is 0. The van der Waals surface area contributed by atoms with Crippen molar-refractivity contribution in [1.29, 1.82) is 0 Å². The number of phenols is 1. The first-order valence-electron chi connectivity index (χ1n) is 4.49. The first-order chi connectivity index (χ1) is 6.15. The maximum Gasteiger partial charge on any atom is 0.163 e. The number of hydrogen-bond donors (Lipinski definition) is 1. The van der Waals surface area contributed by atoms with Gasteiger partial charge in [0.2, 0.25) is 0 Å². The minimum Gasteiger partial charge on any atom is -0.504 e. The van der Waals surface area contributed by atoms with Crippen LogP contribution in [0.3, 0.4) is 0 Å². The van der Waals surface area contributed by atoms with E-state index in [1.165, 1.54) is 0 Å². The van der Waals surface area contributed by atoms with E-state index >= 15 is 0 Å². The zero-order chi connectivity index (χ0) is 10.4. The molecule has 0 spiro atoms. The number of aryl methyl sites for hydroxylation is 2. The maximum absolute atomic E-state index is 9.35. The Morgan fingerprint density at radius 1 is 1.15 bits per heavy atom. The van der Waals surface area contributed by atoms with E-state index in [0.29, 0.717) is 5.75 Å². The van der Waals surface area contributed by atoms with Gasteiger partial charge in [0.15, 0.2) is 11.5 Å². The minimum atomic E-state index is 0.213. The van der Waals surface area contributed by atoms with Crippen LogP contribution in [0.2, 0.25) is 0 Å². The van der Waals surface area contributed by atoms with E-state index in [9.17, 15) is 5.11 Å². The summed E-state index contributed by atoms with van der Waals surface area (Å²) in [6, 6.07) is 3.66. The Morgan fingerprint density at radius 2 is 1.69 bits per heavy atom. The summed E-state index contributed by atoms with van der Waals surface area (Å²) < 4.78 is 4.98. The highest BCUT2D eigenvalue weighted by molar-refractivity contribution is 5.47. The van der Waals surface area contributed by atoms with Crippen LogP contribution in [0.25, 0.3) is 0 Å². The molecule has 0 saturated carbocycles. The highest BCUT2D eigenvalue weighted by atomic mass is 16.5. The summed E-state index contributed by atoms with van der Waals surface area (Å²) in [5, 5.41) is 9.35. The summed E-state index contributed by atoms with van der Waals surface area (Å²) in [5.74, 6) is 0.778. The third-order valence-corrected chi connectivity index (χ3v) is 1.60. The number of ether oxygens (including phenoxy) is 1. The third-order valence-electron chi connectivity index (χ3n) is 1.60. The monoisotopic (exact) mass is 182 g/mol. The van der Waals surface area contributed by atoms with Gasteiger partial charge in [-0.3, -0.25) is 0 Å². The highest BCUT2D eigenvalue weighted by Crippen LogP contribution is 2.30. The van der Waals surface area contributed by atoms with Crippen LogP contribution in [0.4, 0.5) is 0 Å². The zero-order valence-electron chi connectivity index (χ0n) is 9.01. The second-order valence-corrected chi connectivity index (χ2v) is 2.63. The zero-order valence-corrected chi connectivity index (χ0v) is 9.01. The lowest BCUT2D eigenvalue weighted by molar-refractivity contribution is 0.370. The third kappa shape index (κ3) is 2.98. The number of phenolic OH excluding ortho intramolecular Hbond substituents is 1. The number of methoxy groups -OCH3 is 1. The SMILES string of the molecule is CC.COc1c(C)cc(C)cc1O. The van der Waals surface area contributed by atoms with Crippen molar-refractivity contribution < 1.29 is 9.84 Å². The van der Waals surface area contributed by atoms with Crippen LogP contribution in [0.5, 0.6) is 11.5 Å². The molecule has 1 rings (SSSR count). The Hall–Kier alpha value is -1.18. The van der Waals surface area contributed by atoms with Crippen molar-refractivity contribution in [3.8, 4) is 11.5 Å². The van der Waals surface area contributed by atoms with Gasteiger partial charge in [-0.15, -0.1) is 0 Å². The Bertz CT molecular complexity index is 244. The van der Waals surface area contributed by atoms with Crippen LogP contribution in [0.1, 0.15) is 25.0 Å². The summed E-state index contributed by atoms with van der Waals surface area (Å²) >= 11 is 0. The Balaban J connectivity index is 0.000000671. The van der Waals surface area contributed by atoms with Gasteiger partial charge in [-0.25, -0.2) is 0 Å². The molecule has 0 saturated heterocycles. The van der Waals surface area contributed by atoms with E-state index < -0.39 is 0 Å². The van der Waals surface area contributed by atoms with Crippen molar-refractivity contribution in [2.45, 2.75) is 27.7 Å². The Kier molecular flexibility index (Phi) is 4.97. The van der Waals surface area contributed by atoms with Crippen molar-refractivity contribution in [2.24, 2.45) is 0 Å². The largest absolute Gasteiger partial charge is 0.504 e. The molecular formula is C11H18O2. The lowest BCUT2D eigenvalue weighted by Gasteiger charge is -2.07. The quantitative estimate of drug-likeness (QED) is 0.723. The van der Waals surface area contributed by atoms with Crippen LogP contribution < -0.4 is 4.74 Å². The van der Waals surface area contributed by atoms with Gasteiger partial charge in [0.05, 0.1) is 7.11 Å². The summed E-state index contributed by atoms with van der Waals surface area (Å²) in [5.41, 5.74) is 2.01. The van der Waals surface area contributed by atoms with Gasteiger partial charge in [0.1, 0.15) is 0 Å². The summed E-state index contributed by atoms with van der Waals surface area (Å²) in [7, 11) is 1.55. The van der Waals surface area contributed by atoms with Crippen LogP contribution in [-0.2, 0) is 0 Å². The van der Waals surface area contributed by atoms with Crippen LogP contribution in [0, 0.1) is 13.8 Å². The molecule has 74 valence electrons. The summed E-state index contributed by atoms with van der Waals surface area (Å²) in [4.78, 5) is 0. The number of hydrogen-bond acceptors (Lipinski definition) is 2. The topological polar surface area (TPSA) is 29.5 Å². The number of aromatic hydroxyl groups is 1. The lowest BCUT2D eigenvalue weighted by Crippen LogP contribution is -1.88. The van der Waals surface area contributed by atoms with Crippen LogP contribution in [0.15, 0.2) is 12.1 Å². The molecular weight excluding hydrogens is 164 g/mol. The van der Waals surface area contributed by atoms with E-state index in [1.54, 1.807) is 13.2 Å². The van der Waals surface area contributed by atoms with Crippen molar-refractivity contribution in [3.05, 3.63) is 23.3 Å². The van der Waals surface area contributed by atoms with E-state index in [2.05, 4.69) is 0 Å². The molecule has 0 atom stereocenters. The Morgan fingerprint density at radius 3 is 2.08 bits per heavy atom. The summed E-state index contributed by atoms with van der Waals surface area (Å²) in [6.45, 7) is 7.84. The second kappa shape index (κ2) is 5.46. The van der Waals surface area contributed by atoms with Crippen molar-refractivity contribution in [3.63, 3.8) is 0 Å². The predicted molar refractivity (Wildman–Crippen MR) is 55.5 cm³/mol. The molecule has 0 aliphatic carbocycles. The van der Waals surface area contributed by atoms with Gasteiger partial charge >= 0.3 is 0 Å². The van der Waals surface area contributed by atoms with Crippen molar-refractivity contribution in [2.75, 3.05) is 7.11 Å². The molecule has 1 aromatic rings. The molecule has 0 fully saturated rings. The molecule has 13 heavy (non-hydrogen) atoms. The molecule has 0 amide bonds. The smallest absolute Gasteiger partial charge is 0.163 e. The molecule has 0 aromatic heterocycles. The minimum absolute atomic E-state index is 0.213. The normalized spacial score (nSPS) is 8.69. The fourth-order valence-corrected chi connectivity index (χ4v) is 1.20. The van der Waals surface area contributed by atoms with E-state index in [1.807, 2.05) is 33.8 Å². The molecule has 0 heterocycles. The molecule has 0 aliphatic rings. The van der Waals surface area contributed by atoms with Gasteiger partial charge in [0, 0.05) is 0 Å². The van der Waals surface area contributed by atoms with Crippen LogP contribution in [-0.4, -0.2) is 12.2 Å². The molecule has 0 radical (unpaired) electrons. The molecule has 1 N–H and O–H groups in total. The first-order valence-corrected chi connectivity index (χ1v) is 4.49. The van der Waals surface area contributed by atoms with Gasteiger partial charge < -0.3 is 9.84 Å². The number of rotatable bonds is 1. The van der Waals surface area contributed by atoms with Gasteiger partial charge in [-0.1, -0.05) is 19.9 Å².